The molecule has 10 aromatic rings. The third-order valence-corrected chi connectivity index (χ3v) is 13.7. The summed E-state index contributed by atoms with van der Waals surface area (Å²) < 4.78 is 6.50. The van der Waals surface area contributed by atoms with Crippen LogP contribution in [0.15, 0.2) is 235 Å². The van der Waals surface area contributed by atoms with Crippen molar-refractivity contribution in [2.45, 2.75) is 18.3 Å². The molecule has 0 N–H and O–H groups in total. The highest BCUT2D eigenvalue weighted by Crippen LogP contribution is 2.64. The van der Waals surface area contributed by atoms with Gasteiger partial charge in [0.25, 0.3) is 0 Å². The smallest absolute Gasteiger partial charge is 0.143 e. The normalized spacial score (nSPS) is 14.2. The van der Waals surface area contributed by atoms with Gasteiger partial charge in [-0.3, -0.25) is 0 Å². The molecule has 302 valence electrons. The first-order chi connectivity index (χ1) is 31.8. The van der Waals surface area contributed by atoms with Gasteiger partial charge >= 0.3 is 0 Å². The van der Waals surface area contributed by atoms with E-state index in [0.717, 1.165) is 68.7 Å². The number of para-hydroxylation sites is 5. The average molecular weight is 819 g/mol. The number of benzene rings is 9. The Morgan fingerprint density at radius 2 is 1.05 bits per heavy atom. The molecule has 2 heterocycles. The standard InChI is InChI=1S/C61H42N2O/c1-3-16-41(17-4-1)42-30-34-45(35-31-42)62(46-36-32-43(33-37-46)48-22-15-23-52-51-21-8-14-29-59(51)64-60(48)52)47-38-39-50-49-20-7-9-24-53(49)61(56(50)40-47)54-25-10-12-27-57(54)63(44-18-5-2-6-19-44)58-28-13-11-26-55(58)61/h1-3,5-16,18-40H,4,17H2. The molecule has 0 amide bonds. The summed E-state index contributed by atoms with van der Waals surface area (Å²) in [5, 5.41) is 2.27. The zero-order chi connectivity index (χ0) is 42.2. The van der Waals surface area contributed by atoms with E-state index >= 15 is 0 Å². The van der Waals surface area contributed by atoms with E-state index in [2.05, 4.69) is 234 Å². The summed E-state index contributed by atoms with van der Waals surface area (Å²) in [5.74, 6) is 0. The second kappa shape index (κ2) is 14.5. The molecular formula is C61H42N2O. The van der Waals surface area contributed by atoms with Crippen LogP contribution in [-0.4, -0.2) is 0 Å². The van der Waals surface area contributed by atoms with E-state index in [1.807, 2.05) is 6.07 Å². The van der Waals surface area contributed by atoms with Gasteiger partial charge in [0.2, 0.25) is 0 Å². The maximum absolute atomic E-state index is 6.50. The molecule has 64 heavy (non-hydrogen) atoms. The molecular weight excluding hydrogens is 777 g/mol. The molecule has 0 saturated heterocycles. The van der Waals surface area contributed by atoms with E-state index in [0.29, 0.717) is 0 Å². The quantitative estimate of drug-likeness (QED) is 0.167. The molecule has 3 heteroatoms. The van der Waals surface area contributed by atoms with Crippen LogP contribution in [0.4, 0.5) is 34.1 Å². The van der Waals surface area contributed by atoms with Gasteiger partial charge < -0.3 is 14.2 Å². The van der Waals surface area contributed by atoms with Crippen LogP contribution in [0.25, 0.3) is 49.8 Å². The summed E-state index contributed by atoms with van der Waals surface area (Å²) in [6, 6.07) is 78.0. The molecule has 1 aromatic heterocycles. The third-order valence-electron chi connectivity index (χ3n) is 13.7. The summed E-state index contributed by atoms with van der Waals surface area (Å²) in [4.78, 5) is 4.87. The molecule has 0 saturated carbocycles. The number of fused-ring (bicyclic) bond motifs is 12. The maximum Gasteiger partial charge on any atom is 0.143 e. The highest BCUT2D eigenvalue weighted by atomic mass is 16.3. The minimum atomic E-state index is -0.563. The van der Waals surface area contributed by atoms with Gasteiger partial charge in [0.05, 0.1) is 16.8 Å². The zero-order valence-electron chi connectivity index (χ0n) is 35.2. The summed E-state index contributed by atoms with van der Waals surface area (Å²) in [6.07, 6.45) is 8.82. The van der Waals surface area contributed by atoms with E-state index in [1.54, 1.807) is 0 Å². The van der Waals surface area contributed by atoms with E-state index in [4.69, 9.17) is 4.42 Å². The first-order valence-electron chi connectivity index (χ1n) is 22.3. The van der Waals surface area contributed by atoms with Crippen molar-refractivity contribution in [1.82, 2.24) is 0 Å². The van der Waals surface area contributed by atoms with Crippen LogP contribution in [0, 0.1) is 0 Å². The SMILES string of the molecule is C1=CCCC(c2ccc(N(c3ccc(-c4cccc5c4oc4ccccc45)cc3)c3ccc4c(c3)C3(c5ccccc5-4)c4ccccc4N(c4ccccc4)c4ccccc43)cc2)=C1. The van der Waals surface area contributed by atoms with Gasteiger partial charge in [-0.05, 0) is 130 Å². The summed E-state index contributed by atoms with van der Waals surface area (Å²) in [6.45, 7) is 0. The Morgan fingerprint density at radius 1 is 0.453 bits per heavy atom. The van der Waals surface area contributed by atoms with Gasteiger partial charge in [-0.2, -0.15) is 0 Å². The lowest BCUT2D eigenvalue weighted by atomic mass is 9.64. The van der Waals surface area contributed by atoms with E-state index < -0.39 is 5.41 Å². The van der Waals surface area contributed by atoms with Gasteiger partial charge in [0.15, 0.2) is 0 Å². The zero-order valence-corrected chi connectivity index (χ0v) is 35.2. The Bertz CT molecular complexity index is 3450. The Kier molecular flexibility index (Phi) is 8.26. The summed E-state index contributed by atoms with van der Waals surface area (Å²) >= 11 is 0. The second-order valence-electron chi connectivity index (χ2n) is 17.1. The van der Waals surface area contributed by atoms with Crippen LogP contribution in [0.2, 0.25) is 0 Å². The fourth-order valence-electron chi connectivity index (χ4n) is 11.0. The molecule has 0 unspecified atom stereocenters. The van der Waals surface area contributed by atoms with Crippen molar-refractivity contribution in [3.8, 4) is 22.3 Å². The first kappa shape index (κ1) is 36.5. The van der Waals surface area contributed by atoms with Gasteiger partial charge in [-0.15, -0.1) is 0 Å². The predicted molar refractivity (Wildman–Crippen MR) is 266 cm³/mol. The molecule has 0 atom stereocenters. The third kappa shape index (κ3) is 5.41. The number of nitrogens with zero attached hydrogens (tertiary/aromatic N) is 2. The highest BCUT2D eigenvalue weighted by molar-refractivity contribution is 6.09. The molecule has 0 fully saturated rings. The van der Waals surface area contributed by atoms with E-state index in [9.17, 15) is 0 Å². The lowest BCUT2D eigenvalue weighted by Gasteiger charge is -2.45. The largest absolute Gasteiger partial charge is 0.455 e. The minimum Gasteiger partial charge on any atom is -0.455 e. The number of hydrogen-bond acceptors (Lipinski definition) is 3. The molecule has 13 rings (SSSR count). The summed E-state index contributed by atoms with van der Waals surface area (Å²) in [5.41, 5.74) is 20.6. The fourth-order valence-corrected chi connectivity index (χ4v) is 11.0. The Labute approximate surface area is 373 Å². The van der Waals surface area contributed by atoms with Gasteiger partial charge in [0.1, 0.15) is 11.2 Å². The van der Waals surface area contributed by atoms with E-state index in [-0.39, 0.29) is 0 Å². The van der Waals surface area contributed by atoms with Crippen LogP contribution in [0.1, 0.15) is 40.7 Å². The Hall–Kier alpha value is -8.14. The lowest BCUT2D eigenvalue weighted by Crippen LogP contribution is -2.36. The number of furan rings is 1. The van der Waals surface area contributed by atoms with Crippen molar-refractivity contribution in [2.24, 2.45) is 0 Å². The van der Waals surface area contributed by atoms with Crippen LogP contribution in [0.3, 0.4) is 0 Å². The van der Waals surface area contributed by atoms with Crippen molar-refractivity contribution in [2.75, 3.05) is 9.80 Å². The fraction of sp³-hybridized carbons (Fsp3) is 0.0492. The molecule has 9 aromatic carbocycles. The molecule has 3 nitrogen and oxygen atoms in total. The van der Waals surface area contributed by atoms with Crippen LogP contribution >= 0.6 is 0 Å². The lowest BCUT2D eigenvalue weighted by molar-refractivity contribution is 0.670. The monoisotopic (exact) mass is 818 g/mol. The molecule has 0 bridgehead atoms. The first-order valence-corrected chi connectivity index (χ1v) is 22.3. The average Bonchev–Trinajstić information content (AvgIpc) is 3.89. The number of anilines is 6. The van der Waals surface area contributed by atoms with Gasteiger partial charge in [-0.25, -0.2) is 0 Å². The topological polar surface area (TPSA) is 19.6 Å². The van der Waals surface area contributed by atoms with Crippen LogP contribution in [-0.2, 0) is 5.41 Å². The Balaban J connectivity index is 1.01. The van der Waals surface area contributed by atoms with Crippen LogP contribution in [0.5, 0.6) is 0 Å². The molecule has 3 aliphatic rings. The molecule has 0 radical (unpaired) electrons. The van der Waals surface area contributed by atoms with E-state index in [1.165, 1.54) is 55.9 Å². The Morgan fingerprint density at radius 3 is 1.78 bits per heavy atom. The van der Waals surface area contributed by atoms with Crippen molar-refractivity contribution in [3.63, 3.8) is 0 Å². The highest BCUT2D eigenvalue weighted by Gasteiger charge is 2.51. The number of rotatable bonds is 6. The number of hydrogen-bond donors (Lipinski definition) is 0. The van der Waals surface area contributed by atoms with Crippen molar-refractivity contribution in [3.05, 3.63) is 258 Å². The van der Waals surface area contributed by atoms with Crippen molar-refractivity contribution in [1.29, 1.82) is 0 Å². The molecule has 1 aliphatic heterocycles. The van der Waals surface area contributed by atoms with Crippen LogP contribution < -0.4 is 9.80 Å². The van der Waals surface area contributed by atoms with Gasteiger partial charge in [-0.1, -0.05) is 164 Å². The molecule has 1 spiro atoms. The maximum atomic E-state index is 6.50. The second-order valence-corrected chi connectivity index (χ2v) is 17.1. The molecule has 2 aliphatic carbocycles. The minimum absolute atomic E-state index is 0.563. The van der Waals surface area contributed by atoms with Gasteiger partial charge in [0, 0.05) is 39.1 Å². The van der Waals surface area contributed by atoms with Crippen molar-refractivity contribution >= 4 is 61.6 Å². The predicted octanol–water partition coefficient (Wildman–Crippen LogP) is 16.6. The number of allylic oxidation sites excluding steroid dienone is 4. The summed E-state index contributed by atoms with van der Waals surface area (Å²) in [7, 11) is 0. The van der Waals surface area contributed by atoms with Crippen molar-refractivity contribution < 1.29 is 4.42 Å².